The van der Waals surface area contributed by atoms with Gasteiger partial charge in [0.05, 0.1) is 23.9 Å². The first-order valence-electron chi connectivity index (χ1n) is 9.80. The minimum atomic E-state index is 0. The normalized spacial score (nSPS) is 10.9. The maximum absolute atomic E-state index is 5.86. The third kappa shape index (κ3) is 7.66. The molecule has 3 rings (SSSR count). The second-order valence-electron chi connectivity index (χ2n) is 6.53. The summed E-state index contributed by atoms with van der Waals surface area (Å²) >= 11 is 1.70. The number of aliphatic imine (C=N–C) groups is 1. The number of guanidine groups is 1. The van der Waals surface area contributed by atoms with E-state index in [2.05, 4.69) is 25.6 Å². The summed E-state index contributed by atoms with van der Waals surface area (Å²) in [6, 6.07) is 11.4. The molecule has 9 heteroatoms. The number of hydrogen-bond acceptors (Lipinski definition) is 6. The topological polar surface area (TPSA) is 80.7 Å². The molecule has 0 aliphatic rings. The summed E-state index contributed by atoms with van der Waals surface area (Å²) in [6.45, 7) is 7.93. The minimum Gasteiger partial charge on any atom is -0.494 e. The highest BCUT2D eigenvalue weighted by Crippen LogP contribution is 2.23. The lowest BCUT2D eigenvalue weighted by Crippen LogP contribution is -2.36. The van der Waals surface area contributed by atoms with Crippen molar-refractivity contribution in [1.29, 1.82) is 0 Å². The van der Waals surface area contributed by atoms with Gasteiger partial charge in [-0.3, -0.25) is 4.99 Å². The number of benzene rings is 1. The number of thiazole rings is 1. The summed E-state index contributed by atoms with van der Waals surface area (Å²) in [6.07, 6.45) is 1.74. The predicted molar refractivity (Wildman–Crippen MR) is 136 cm³/mol. The van der Waals surface area contributed by atoms with E-state index in [1.165, 1.54) is 4.88 Å². The van der Waals surface area contributed by atoms with E-state index in [0.717, 1.165) is 28.0 Å². The highest BCUT2D eigenvalue weighted by atomic mass is 127. The van der Waals surface area contributed by atoms with E-state index >= 15 is 0 Å². The third-order valence-corrected chi connectivity index (χ3v) is 5.33. The lowest BCUT2D eigenvalue weighted by atomic mass is 10.2. The van der Waals surface area contributed by atoms with Crippen LogP contribution in [0.4, 0.5) is 0 Å². The van der Waals surface area contributed by atoms with Crippen molar-refractivity contribution in [3.05, 3.63) is 63.7 Å². The van der Waals surface area contributed by atoms with Crippen molar-refractivity contribution in [3.8, 4) is 17.4 Å². The molecular formula is C22H28IN5O2S. The molecule has 0 atom stereocenters. The number of aromatic nitrogens is 2. The Balaban J connectivity index is 0.00000341. The minimum absolute atomic E-state index is 0. The molecule has 0 saturated heterocycles. The van der Waals surface area contributed by atoms with Crippen molar-refractivity contribution in [2.75, 3.05) is 13.7 Å². The molecule has 1 aromatic carbocycles. The van der Waals surface area contributed by atoms with Gasteiger partial charge >= 0.3 is 0 Å². The van der Waals surface area contributed by atoms with Gasteiger partial charge < -0.3 is 20.1 Å². The molecule has 0 unspecified atom stereocenters. The van der Waals surface area contributed by atoms with Gasteiger partial charge in [0.15, 0.2) is 5.96 Å². The lowest BCUT2D eigenvalue weighted by Gasteiger charge is -2.12. The van der Waals surface area contributed by atoms with Gasteiger partial charge in [0, 0.05) is 30.7 Å². The van der Waals surface area contributed by atoms with Crippen molar-refractivity contribution in [3.63, 3.8) is 0 Å². The van der Waals surface area contributed by atoms with E-state index in [4.69, 9.17) is 9.47 Å². The number of nitrogens with one attached hydrogen (secondary N) is 2. The second kappa shape index (κ2) is 12.5. The quantitative estimate of drug-likeness (QED) is 0.236. The Morgan fingerprint density at radius 3 is 2.42 bits per heavy atom. The van der Waals surface area contributed by atoms with E-state index in [1.54, 1.807) is 24.6 Å². The molecule has 2 heterocycles. The molecule has 0 fully saturated rings. The Labute approximate surface area is 204 Å². The van der Waals surface area contributed by atoms with Crippen molar-refractivity contribution >= 4 is 41.3 Å². The Bertz CT molecular complexity index is 992. The highest BCUT2D eigenvalue weighted by Gasteiger charge is 2.07. The first kappa shape index (κ1) is 24.9. The molecule has 2 N–H and O–H groups in total. The molecule has 3 aromatic rings. The molecule has 0 aliphatic heterocycles. The van der Waals surface area contributed by atoms with Crippen molar-refractivity contribution < 1.29 is 9.47 Å². The van der Waals surface area contributed by atoms with Gasteiger partial charge in [-0.1, -0.05) is 0 Å². The van der Waals surface area contributed by atoms with Crippen LogP contribution in [-0.4, -0.2) is 29.6 Å². The van der Waals surface area contributed by atoms with Crippen LogP contribution in [0.2, 0.25) is 0 Å². The van der Waals surface area contributed by atoms with Gasteiger partial charge in [0.25, 0.3) is 0 Å². The van der Waals surface area contributed by atoms with Crippen LogP contribution in [0.3, 0.4) is 0 Å². The monoisotopic (exact) mass is 553 g/mol. The van der Waals surface area contributed by atoms with Crippen LogP contribution in [0.25, 0.3) is 0 Å². The molecule has 2 aromatic heterocycles. The van der Waals surface area contributed by atoms with Gasteiger partial charge in [-0.15, -0.1) is 35.3 Å². The zero-order valence-corrected chi connectivity index (χ0v) is 21.3. The maximum Gasteiger partial charge on any atom is 0.219 e. The average Bonchev–Trinajstić information content (AvgIpc) is 3.07. The third-order valence-electron chi connectivity index (χ3n) is 4.26. The number of aryl methyl sites for hydroxylation is 2. The summed E-state index contributed by atoms with van der Waals surface area (Å²) in [5, 5.41) is 7.72. The van der Waals surface area contributed by atoms with E-state index in [-0.39, 0.29) is 24.0 Å². The number of ether oxygens (including phenoxy) is 2. The predicted octanol–water partition coefficient (Wildman–Crippen LogP) is 4.83. The molecular weight excluding hydrogens is 525 g/mol. The number of halogens is 1. The number of rotatable bonds is 8. The van der Waals surface area contributed by atoms with E-state index in [1.807, 2.05) is 57.2 Å². The second-order valence-corrected chi connectivity index (χ2v) is 7.82. The summed E-state index contributed by atoms with van der Waals surface area (Å²) < 4.78 is 11.3. The van der Waals surface area contributed by atoms with Gasteiger partial charge in [-0.25, -0.2) is 9.97 Å². The van der Waals surface area contributed by atoms with Crippen LogP contribution >= 0.6 is 35.3 Å². The molecule has 0 saturated carbocycles. The van der Waals surface area contributed by atoms with Crippen molar-refractivity contribution in [2.24, 2.45) is 4.99 Å². The van der Waals surface area contributed by atoms with Gasteiger partial charge in [0.2, 0.25) is 5.88 Å². The van der Waals surface area contributed by atoms with Crippen LogP contribution in [-0.2, 0) is 13.1 Å². The van der Waals surface area contributed by atoms with Crippen molar-refractivity contribution in [1.82, 2.24) is 20.6 Å². The molecule has 0 bridgehead atoms. The summed E-state index contributed by atoms with van der Waals surface area (Å²) in [4.78, 5) is 14.3. The summed E-state index contributed by atoms with van der Waals surface area (Å²) in [5.74, 6) is 2.80. The van der Waals surface area contributed by atoms with E-state index < -0.39 is 0 Å². The SMILES string of the molecule is CCOc1ccc(Oc2cc(CNC(=NC)NCc3sc(C)nc3C)ccn2)cc1.I. The number of hydrogen-bond donors (Lipinski definition) is 2. The molecule has 7 nitrogen and oxygen atoms in total. The van der Waals surface area contributed by atoms with Gasteiger partial charge in [-0.2, -0.15) is 0 Å². The number of pyridine rings is 1. The summed E-state index contributed by atoms with van der Waals surface area (Å²) in [7, 11) is 1.76. The Morgan fingerprint density at radius 2 is 1.77 bits per heavy atom. The maximum atomic E-state index is 5.86. The smallest absolute Gasteiger partial charge is 0.219 e. The van der Waals surface area contributed by atoms with E-state index in [0.29, 0.717) is 31.3 Å². The van der Waals surface area contributed by atoms with Crippen LogP contribution in [0.5, 0.6) is 17.4 Å². The molecule has 0 amide bonds. The highest BCUT2D eigenvalue weighted by molar-refractivity contribution is 14.0. The van der Waals surface area contributed by atoms with Gasteiger partial charge in [-0.05, 0) is 56.7 Å². The molecule has 31 heavy (non-hydrogen) atoms. The largest absolute Gasteiger partial charge is 0.494 e. The lowest BCUT2D eigenvalue weighted by molar-refractivity contribution is 0.339. The Hall–Kier alpha value is -2.40. The Morgan fingerprint density at radius 1 is 1.06 bits per heavy atom. The first-order chi connectivity index (χ1) is 14.6. The summed E-state index contributed by atoms with van der Waals surface area (Å²) in [5.41, 5.74) is 2.10. The van der Waals surface area contributed by atoms with E-state index in [9.17, 15) is 0 Å². The first-order valence-corrected chi connectivity index (χ1v) is 10.6. The molecule has 0 spiro atoms. The zero-order valence-electron chi connectivity index (χ0n) is 18.1. The average molecular weight is 553 g/mol. The molecule has 166 valence electrons. The molecule has 0 aliphatic carbocycles. The van der Waals surface area contributed by atoms with Gasteiger partial charge in [0.1, 0.15) is 11.5 Å². The fourth-order valence-electron chi connectivity index (χ4n) is 2.82. The van der Waals surface area contributed by atoms with Crippen LogP contribution in [0.1, 0.15) is 28.1 Å². The van der Waals surface area contributed by atoms with Crippen LogP contribution < -0.4 is 20.1 Å². The van der Waals surface area contributed by atoms with Crippen LogP contribution in [0, 0.1) is 13.8 Å². The molecule has 0 radical (unpaired) electrons. The van der Waals surface area contributed by atoms with Crippen molar-refractivity contribution in [2.45, 2.75) is 33.9 Å². The standard InChI is InChI=1S/C22H27N5O2S.HI/c1-5-28-18-6-8-19(9-7-18)29-21-12-17(10-11-24-21)13-25-22(23-4)26-14-20-15(2)27-16(3)30-20;/h6-12H,5,13-14H2,1-4H3,(H2,23,25,26);1H. The fourth-order valence-corrected chi connectivity index (χ4v) is 3.69. The fraction of sp³-hybridized carbons (Fsp3) is 0.318. The zero-order chi connectivity index (χ0) is 21.3. The number of nitrogens with zero attached hydrogens (tertiary/aromatic N) is 3. The Kier molecular flexibility index (Phi) is 9.99. The van der Waals surface area contributed by atoms with Crippen LogP contribution in [0.15, 0.2) is 47.6 Å².